The van der Waals surface area contributed by atoms with Gasteiger partial charge in [0.1, 0.15) is 11.6 Å². The zero-order chi connectivity index (χ0) is 16.5. The quantitative estimate of drug-likeness (QED) is 0.821. The van der Waals surface area contributed by atoms with Crippen LogP contribution < -0.4 is 4.74 Å². The van der Waals surface area contributed by atoms with Gasteiger partial charge in [0.15, 0.2) is 6.23 Å². The molecule has 4 rings (SSSR count). The number of ether oxygens (including phenoxy) is 1. The molecule has 2 aliphatic heterocycles. The Labute approximate surface area is 145 Å². The van der Waals surface area contributed by atoms with E-state index in [1.807, 2.05) is 30.0 Å². The standard InChI is InChI=1S/C19H19FN2OS/c1-24-11-10-19-22-17(15-4-2-3-5-18(15)23-19)12-16(21-22)13-6-8-14(20)9-7-13/h2-9,17,19H,10-12H2,1H3/t17-,19-/m1/s1. The number of thioether (sulfide) groups is 1. The molecule has 3 nitrogen and oxygen atoms in total. The number of hydrogen-bond donors (Lipinski definition) is 0. The van der Waals surface area contributed by atoms with Crippen molar-refractivity contribution in [2.45, 2.75) is 25.1 Å². The number of nitrogens with zero attached hydrogens (tertiary/aromatic N) is 2. The summed E-state index contributed by atoms with van der Waals surface area (Å²) in [4.78, 5) is 0. The van der Waals surface area contributed by atoms with Gasteiger partial charge in [-0.15, -0.1) is 0 Å². The zero-order valence-corrected chi connectivity index (χ0v) is 14.3. The lowest BCUT2D eigenvalue weighted by molar-refractivity contribution is -0.0180. The summed E-state index contributed by atoms with van der Waals surface area (Å²) in [7, 11) is 0. The van der Waals surface area contributed by atoms with Gasteiger partial charge in [-0.3, -0.25) is 5.01 Å². The monoisotopic (exact) mass is 342 g/mol. The number of rotatable bonds is 4. The fourth-order valence-corrected chi connectivity index (χ4v) is 3.77. The molecule has 2 aromatic rings. The SMILES string of the molecule is CSCC[C@H]1Oc2ccccc2[C@H]2CC(c3ccc(F)cc3)=NN21. The third-order valence-corrected chi connectivity index (χ3v) is 5.17. The van der Waals surface area contributed by atoms with Crippen molar-refractivity contribution >= 4 is 17.5 Å². The molecular weight excluding hydrogens is 323 g/mol. The van der Waals surface area contributed by atoms with Crippen molar-refractivity contribution in [2.24, 2.45) is 5.10 Å². The molecule has 24 heavy (non-hydrogen) atoms. The van der Waals surface area contributed by atoms with Crippen LogP contribution >= 0.6 is 11.8 Å². The Balaban J connectivity index is 1.68. The van der Waals surface area contributed by atoms with Gasteiger partial charge in [0.05, 0.1) is 11.8 Å². The van der Waals surface area contributed by atoms with Crippen molar-refractivity contribution in [3.63, 3.8) is 0 Å². The Morgan fingerprint density at radius 1 is 1.21 bits per heavy atom. The number of halogens is 1. The van der Waals surface area contributed by atoms with E-state index >= 15 is 0 Å². The van der Waals surface area contributed by atoms with E-state index in [9.17, 15) is 4.39 Å². The van der Waals surface area contributed by atoms with Gasteiger partial charge in [0, 0.05) is 18.4 Å². The molecule has 5 heteroatoms. The second-order valence-corrected chi connectivity index (χ2v) is 7.03. The maximum atomic E-state index is 13.2. The Morgan fingerprint density at radius 2 is 2.00 bits per heavy atom. The lowest BCUT2D eigenvalue weighted by Gasteiger charge is -2.38. The van der Waals surface area contributed by atoms with E-state index in [-0.39, 0.29) is 18.1 Å². The van der Waals surface area contributed by atoms with Gasteiger partial charge in [-0.1, -0.05) is 30.3 Å². The largest absolute Gasteiger partial charge is 0.469 e. The van der Waals surface area contributed by atoms with Crippen LogP contribution in [0.5, 0.6) is 5.75 Å². The molecule has 2 atom stereocenters. The minimum atomic E-state index is -0.221. The van der Waals surface area contributed by atoms with Crippen LogP contribution in [0.2, 0.25) is 0 Å². The second-order valence-electron chi connectivity index (χ2n) is 6.05. The maximum Gasteiger partial charge on any atom is 0.188 e. The topological polar surface area (TPSA) is 24.8 Å². The summed E-state index contributed by atoms with van der Waals surface area (Å²) in [5.41, 5.74) is 3.15. The predicted molar refractivity (Wildman–Crippen MR) is 96.0 cm³/mol. The Kier molecular flexibility index (Phi) is 4.19. The first-order valence-electron chi connectivity index (χ1n) is 8.12. The summed E-state index contributed by atoms with van der Waals surface area (Å²) in [5.74, 6) is 1.76. The summed E-state index contributed by atoms with van der Waals surface area (Å²) < 4.78 is 19.4. The van der Waals surface area contributed by atoms with Crippen molar-refractivity contribution in [1.29, 1.82) is 0 Å². The molecule has 2 aliphatic rings. The van der Waals surface area contributed by atoms with E-state index in [0.717, 1.165) is 35.6 Å². The molecule has 0 unspecified atom stereocenters. The van der Waals surface area contributed by atoms with E-state index in [0.29, 0.717) is 0 Å². The molecule has 0 N–H and O–H groups in total. The highest BCUT2D eigenvalue weighted by Gasteiger charge is 2.39. The highest BCUT2D eigenvalue weighted by molar-refractivity contribution is 7.98. The smallest absolute Gasteiger partial charge is 0.188 e. The zero-order valence-electron chi connectivity index (χ0n) is 13.5. The fourth-order valence-electron chi connectivity index (χ4n) is 3.34. The van der Waals surface area contributed by atoms with Crippen LogP contribution in [-0.4, -0.2) is 29.0 Å². The molecule has 0 aliphatic carbocycles. The van der Waals surface area contributed by atoms with Crippen LogP contribution in [-0.2, 0) is 0 Å². The van der Waals surface area contributed by atoms with E-state index in [1.54, 1.807) is 12.1 Å². The van der Waals surface area contributed by atoms with Crippen molar-refractivity contribution in [3.05, 3.63) is 65.5 Å². The molecule has 2 heterocycles. The first-order valence-corrected chi connectivity index (χ1v) is 9.52. The Bertz CT molecular complexity index is 762. The molecule has 0 amide bonds. The number of hydrogen-bond acceptors (Lipinski definition) is 4. The normalized spacial score (nSPS) is 21.8. The predicted octanol–water partition coefficient (Wildman–Crippen LogP) is 4.45. The molecule has 0 saturated carbocycles. The summed E-state index contributed by atoms with van der Waals surface area (Å²) in [6, 6.07) is 15.0. The van der Waals surface area contributed by atoms with Crippen LogP contribution in [0.1, 0.15) is 30.0 Å². The lowest BCUT2D eigenvalue weighted by Crippen LogP contribution is -2.40. The van der Waals surface area contributed by atoms with Crippen molar-refractivity contribution in [1.82, 2.24) is 5.01 Å². The van der Waals surface area contributed by atoms with Crippen molar-refractivity contribution < 1.29 is 9.13 Å². The Hall–Kier alpha value is -2.01. The van der Waals surface area contributed by atoms with Gasteiger partial charge in [0.2, 0.25) is 0 Å². The molecule has 2 aromatic carbocycles. The van der Waals surface area contributed by atoms with E-state index in [1.165, 1.54) is 17.7 Å². The summed E-state index contributed by atoms with van der Waals surface area (Å²) >= 11 is 1.81. The van der Waals surface area contributed by atoms with Gasteiger partial charge >= 0.3 is 0 Å². The van der Waals surface area contributed by atoms with E-state index in [2.05, 4.69) is 17.3 Å². The fraction of sp³-hybridized carbons (Fsp3) is 0.316. The van der Waals surface area contributed by atoms with Gasteiger partial charge < -0.3 is 4.74 Å². The molecule has 0 bridgehead atoms. The van der Waals surface area contributed by atoms with Gasteiger partial charge in [0.25, 0.3) is 0 Å². The minimum absolute atomic E-state index is 0.0460. The van der Waals surface area contributed by atoms with Crippen LogP contribution in [0.3, 0.4) is 0 Å². The molecule has 0 radical (unpaired) electrons. The van der Waals surface area contributed by atoms with Crippen molar-refractivity contribution in [2.75, 3.05) is 12.0 Å². The number of hydrazone groups is 1. The van der Waals surface area contributed by atoms with Crippen LogP contribution in [0, 0.1) is 5.82 Å². The Morgan fingerprint density at radius 3 is 2.79 bits per heavy atom. The molecule has 0 aromatic heterocycles. The molecule has 124 valence electrons. The summed E-state index contributed by atoms with van der Waals surface area (Å²) in [6.07, 6.45) is 3.80. The maximum absolute atomic E-state index is 13.2. The van der Waals surface area contributed by atoms with E-state index in [4.69, 9.17) is 9.84 Å². The second kappa shape index (κ2) is 6.48. The third-order valence-electron chi connectivity index (χ3n) is 4.52. The first kappa shape index (κ1) is 15.5. The number of para-hydroxylation sites is 1. The van der Waals surface area contributed by atoms with Gasteiger partial charge in [-0.25, -0.2) is 4.39 Å². The number of benzene rings is 2. The van der Waals surface area contributed by atoms with Gasteiger partial charge in [-0.2, -0.15) is 16.9 Å². The van der Waals surface area contributed by atoms with Gasteiger partial charge in [-0.05, 0) is 35.8 Å². The molecular formula is C19H19FN2OS. The first-order chi connectivity index (χ1) is 11.8. The van der Waals surface area contributed by atoms with Crippen LogP contribution in [0.25, 0.3) is 0 Å². The average molecular weight is 342 g/mol. The van der Waals surface area contributed by atoms with Crippen LogP contribution in [0.15, 0.2) is 53.6 Å². The minimum Gasteiger partial charge on any atom is -0.469 e. The lowest BCUT2D eigenvalue weighted by atomic mass is 9.96. The van der Waals surface area contributed by atoms with Crippen LogP contribution in [0.4, 0.5) is 4.39 Å². The highest BCUT2D eigenvalue weighted by atomic mass is 32.2. The molecule has 0 spiro atoms. The van der Waals surface area contributed by atoms with E-state index < -0.39 is 0 Å². The summed E-state index contributed by atoms with van der Waals surface area (Å²) in [6.45, 7) is 0. The number of fused-ring (bicyclic) bond motifs is 3. The third kappa shape index (κ3) is 2.77. The van der Waals surface area contributed by atoms with Crippen molar-refractivity contribution in [3.8, 4) is 5.75 Å². The molecule has 0 saturated heterocycles. The average Bonchev–Trinajstić information content (AvgIpc) is 3.06. The molecule has 0 fully saturated rings. The highest BCUT2D eigenvalue weighted by Crippen LogP contribution is 2.43. The summed E-state index contributed by atoms with van der Waals surface area (Å²) in [5, 5.41) is 6.93.